The van der Waals surface area contributed by atoms with Gasteiger partial charge in [0.05, 0.1) is 23.0 Å². The maximum Gasteiger partial charge on any atom is 0.269 e. The van der Waals surface area contributed by atoms with Crippen LogP contribution in [-0.2, 0) is 14.8 Å². The predicted octanol–water partition coefficient (Wildman–Crippen LogP) is 1.77. The molecule has 2 heterocycles. The first-order chi connectivity index (χ1) is 16.3. The molecule has 0 saturated carbocycles. The molecule has 2 aliphatic heterocycles. The van der Waals surface area contributed by atoms with Gasteiger partial charge in [0.25, 0.3) is 5.69 Å². The molecular formula is C22H26N4O7S. The van der Waals surface area contributed by atoms with Crippen molar-refractivity contribution >= 4 is 27.3 Å². The molecule has 2 aliphatic rings. The number of hydrogen-bond acceptors (Lipinski definition) is 8. The number of amides is 1. The molecule has 2 aromatic rings. The number of carbonyl (C=O) groups is 1. The lowest BCUT2D eigenvalue weighted by molar-refractivity contribution is -0.384. The Balaban J connectivity index is 1.26. The van der Waals surface area contributed by atoms with Crippen LogP contribution in [0.3, 0.4) is 0 Å². The summed E-state index contributed by atoms with van der Waals surface area (Å²) in [6.07, 6.45) is 0.764. The number of hydrogen-bond donors (Lipinski definition) is 1. The van der Waals surface area contributed by atoms with Crippen LogP contribution in [0.4, 0.5) is 11.4 Å². The summed E-state index contributed by atoms with van der Waals surface area (Å²) < 4.78 is 38.8. The van der Waals surface area contributed by atoms with Crippen molar-refractivity contribution in [3.05, 3.63) is 52.6 Å². The molecular weight excluding hydrogens is 464 g/mol. The Kier molecular flexibility index (Phi) is 7.17. The highest BCUT2D eigenvalue weighted by molar-refractivity contribution is 7.89. The van der Waals surface area contributed by atoms with E-state index < -0.39 is 14.9 Å². The van der Waals surface area contributed by atoms with Gasteiger partial charge in [-0.05, 0) is 24.3 Å². The average Bonchev–Trinajstić information content (AvgIpc) is 3.09. The van der Waals surface area contributed by atoms with Gasteiger partial charge in [-0.2, -0.15) is 0 Å². The van der Waals surface area contributed by atoms with Crippen LogP contribution in [0.25, 0.3) is 0 Å². The first-order valence-electron chi connectivity index (χ1n) is 11.0. The van der Waals surface area contributed by atoms with Crippen LogP contribution < -0.4 is 19.1 Å². The number of piperazine rings is 1. The van der Waals surface area contributed by atoms with E-state index in [9.17, 15) is 23.3 Å². The number of sulfonamides is 1. The van der Waals surface area contributed by atoms with Crippen LogP contribution in [0.2, 0.25) is 0 Å². The van der Waals surface area contributed by atoms with Gasteiger partial charge in [0.1, 0.15) is 0 Å². The summed E-state index contributed by atoms with van der Waals surface area (Å²) in [5.41, 5.74) is 0.896. The molecule has 0 unspecified atom stereocenters. The van der Waals surface area contributed by atoms with Crippen molar-refractivity contribution < 1.29 is 27.6 Å². The molecule has 1 saturated heterocycles. The van der Waals surface area contributed by atoms with Gasteiger partial charge in [0, 0.05) is 69.5 Å². The highest BCUT2D eigenvalue weighted by atomic mass is 32.2. The zero-order valence-corrected chi connectivity index (χ0v) is 19.3. The van der Waals surface area contributed by atoms with Gasteiger partial charge in [-0.25, -0.2) is 13.1 Å². The third-order valence-corrected chi connectivity index (χ3v) is 7.18. The van der Waals surface area contributed by atoms with Crippen LogP contribution >= 0.6 is 0 Å². The van der Waals surface area contributed by atoms with E-state index in [2.05, 4.69) is 9.62 Å². The smallest absolute Gasteiger partial charge is 0.269 e. The fourth-order valence-electron chi connectivity index (χ4n) is 3.84. The molecule has 1 amide bonds. The van der Waals surface area contributed by atoms with E-state index in [1.165, 1.54) is 24.3 Å². The number of benzene rings is 2. The van der Waals surface area contributed by atoms with Gasteiger partial charge < -0.3 is 19.3 Å². The van der Waals surface area contributed by atoms with E-state index in [1.807, 2.05) is 0 Å². The third-order valence-electron chi connectivity index (χ3n) is 5.72. The minimum absolute atomic E-state index is 0.0157. The molecule has 0 aliphatic carbocycles. The van der Waals surface area contributed by atoms with Gasteiger partial charge in [0.15, 0.2) is 11.5 Å². The maximum absolute atomic E-state index is 12.6. The van der Waals surface area contributed by atoms with Gasteiger partial charge >= 0.3 is 0 Å². The van der Waals surface area contributed by atoms with E-state index in [1.54, 1.807) is 23.1 Å². The molecule has 0 spiro atoms. The van der Waals surface area contributed by atoms with E-state index in [0.29, 0.717) is 50.9 Å². The third kappa shape index (κ3) is 5.57. The Hall–Kier alpha value is -3.38. The Morgan fingerprint density at radius 3 is 2.35 bits per heavy atom. The molecule has 11 nitrogen and oxygen atoms in total. The number of fused-ring (bicyclic) bond motifs is 1. The maximum atomic E-state index is 12.6. The molecule has 12 heteroatoms. The number of carbonyl (C=O) groups excluding carboxylic acids is 1. The number of rotatable bonds is 7. The second-order valence-electron chi connectivity index (χ2n) is 7.95. The lowest BCUT2D eigenvalue weighted by Crippen LogP contribution is -2.49. The summed E-state index contributed by atoms with van der Waals surface area (Å²) in [5.74, 6) is 0.770. The molecule has 0 atom stereocenters. The number of non-ortho nitro benzene ring substituents is 1. The van der Waals surface area contributed by atoms with Gasteiger partial charge in [0.2, 0.25) is 15.9 Å². The van der Waals surface area contributed by atoms with E-state index in [0.717, 1.165) is 12.1 Å². The fourth-order valence-corrected chi connectivity index (χ4v) is 4.89. The summed E-state index contributed by atoms with van der Waals surface area (Å²) in [4.78, 5) is 26.7. The average molecular weight is 491 g/mol. The topological polar surface area (TPSA) is 131 Å². The summed E-state index contributed by atoms with van der Waals surface area (Å²) >= 11 is 0. The minimum atomic E-state index is -3.80. The van der Waals surface area contributed by atoms with Crippen LogP contribution in [0.1, 0.15) is 12.8 Å². The molecule has 1 fully saturated rings. The normalized spacial score (nSPS) is 16.1. The van der Waals surface area contributed by atoms with Crippen molar-refractivity contribution in [2.45, 2.75) is 17.7 Å². The summed E-state index contributed by atoms with van der Waals surface area (Å²) in [5, 5.41) is 10.8. The molecule has 4 rings (SSSR count). The Morgan fingerprint density at radius 2 is 1.68 bits per heavy atom. The molecule has 182 valence electrons. The second kappa shape index (κ2) is 10.3. The van der Waals surface area contributed by atoms with E-state index >= 15 is 0 Å². The van der Waals surface area contributed by atoms with E-state index in [4.69, 9.17) is 9.47 Å². The summed E-state index contributed by atoms with van der Waals surface area (Å²) in [7, 11) is -3.80. The number of anilines is 1. The number of ether oxygens (including phenoxy) is 2. The molecule has 0 radical (unpaired) electrons. The first kappa shape index (κ1) is 23.8. The second-order valence-corrected chi connectivity index (χ2v) is 9.72. The molecule has 2 aromatic carbocycles. The van der Waals surface area contributed by atoms with Crippen LogP contribution in [-0.4, -0.2) is 70.1 Å². The predicted molar refractivity (Wildman–Crippen MR) is 124 cm³/mol. The fraction of sp³-hybridized carbons (Fsp3) is 0.409. The van der Waals surface area contributed by atoms with Crippen LogP contribution in [0.5, 0.6) is 11.5 Å². The zero-order chi connectivity index (χ0) is 24.1. The van der Waals surface area contributed by atoms with Gasteiger partial charge in [-0.15, -0.1) is 0 Å². The van der Waals surface area contributed by atoms with Crippen LogP contribution in [0, 0.1) is 10.1 Å². The molecule has 34 heavy (non-hydrogen) atoms. The SMILES string of the molecule is O=C(CCNS(=O)(=O)c1ccc2c(c1)OCCCO2)N1CCN(c2ccc([N+](=O)[O-])cc2)CC1. The lowest BCUT2D eigenvalue weighted by Gasteiger charge is -2.36. The number of nitro groups is 1. The van der Waals surface area contributed by atoms with Gasteiger partial charge in [-0.1, -0.05) is 0 Å². The highest BCUT2D eigenvalue weighted by Crippen LogP contribution is 2.31. The highest BCUT2D eigenvalue weighted by Gasteiger charge is 2.23. The van der Waals surface area contributed by atoms with Crippen molar-refractivity contribution in [1.29, 1.82) is 0 Å². The quantitative estimate of drug-likeness (QED) is 0.459. The monoisotopic (exact) mass is 490 g/mol. The Bertz CT molecular complexity index is 1150. The molecule has 0 bridgehead atoms. The number of nitro benzene ring substituents is 1. The van der Waals surface area contributed by atoms with Crippen molar-refractivity contribution in [3.8, 4) is 11.5 Å². The first-order valence-corrected chi connectivity index (χ1v) is 12.5. The lowest BCUT2D eigenvalue weighted by atomic mass is 10.2. The van der Waals surface area contributed by atoms with Gasteiger partial charge in [-0.3, -0.25) is 14.9 Å². The number of nitrogens with one attached hydrogen (secondary N) is 1. The zero-order valence-electron chi connectivity index (χ0n) is 18.5. The van der Waals surface area contributed by atoms with Crippen molar-refractivity contribution in [2.24, 2.45) is 0 Å². The Morgan fingerprint density at radius 1 is 1.00 bits per heavy atom. The standard InChI is InChI=1S/C22H26N4O7S/c27-22(25-12-10-24(11-13-25)17-2-4-18(5-3-17)26(28)29)8-9-23-34(30,31)19-6-7-20-21(16-19)33-15-1-14-32-20/h2-7,16,23H,1,8-15H2. The molecule has 1 N–H and O–H groups in total. The Labute approximate surface area is 197 Å². The summed E-state index contributed by atoms with van der Waals surface area (Å²) in [6, 6.07) is 10.8. The largest absolute Gasteiger partial charge is 0.490 e. The van der Waals surface area contributed by atoms with E-state index in [-0.39, 0.29) is 29.5 Å². The van der Waals surface area contributed by atoms with Crippen LogP contribution in [0.15, 0.2) is 47.4 Å². The van der Waals surface area contributed by atoms with Crippen molar-refractivity contribution in [2.75, 3.05) is 50.8 Å². The summed E-state index contributed by atoms with van der Waals surface area (Å²) in [6.45, 7) is 3.12. The van der Waals surface area contributed by atoms with Crippen molar-refractivity contribution in [1.82, 2.24) is 9.62 Å². The number of nitrogens with zero attached hydrogens (tertiary/aromatic N) is 3. The molecule has 0 aromatic heterocycles. The minimum Gasteiger partial charge on any atom is -0.490 e. The van der Waals surface area contributed by atoms with Crippen molar-refractivity contribution in [3.63, 3.8) is 0 Å².